The Kier molecular flexibility index (Phi) is 4.75. The van der Waals surface area contributed by atoms with Crippen LogP contribution in [-0.2, 0) is 6.42 Å². The monoisotopic (exact) mass is 262 g/mol. The first-order valence-electron chi connectivity index (χ1n) is 7.38. The van der Waals surface area contributed by atoms with E-state index in [0.717, 1.165) is 48.7 Å². The van der Waals surface area contributed by atoms with Crippen LogP contribution in [0.1, 0.15) is 38.2 Å². The normalized spacial score (nSPS) is 19.4. The molecule has 1 aliphatic heterocycles. The summed E-state index contributed by atoms with van der Waals surface area (Å²) in [5, 5.41) is 0. The summed E-state index contributed by atoms with van der Waals surface area (Å²) in [5.41, 5.74) is 6.68. The van der Waals surface area contributed by atoms with E-state index >= 15 is 0 Å². The molecule has 1 aliphatic rings. The molecule has 1 saturated heterocycles. The second kappa shape index (κ2) is 6.33. The fourth-order valence-corrected chi connectivity index (χ4v) is 2.95. The molecule has 1 aromatic heterocycles. The van der Waals surface area contributed by atoms with Crippen LogP contribution in [0.3, 0.4) is 0 Å². The summed E-state index contributed by atoms with van der Waals surface area (Å²) in [6.07, 6.45) is 3.43. The van der Waals surface area contributed by atoms with E-state index in [2.05, 4.69) is 34.8 Å². The molecule has 0 radical (unpaired) electrons. The van der Waals surface area contributed by atoms with Gasteiger partial charge in [0.25, 0.3) is 0 Å². The largest absolute Gasteiger partial charge is 0.356 e. The van der Waals surface area contributed by atoms with Crippen molar-refractivity contribution in [2.45, 2.75) is 40.0 Å². The molecule has 0 aromatic carbocycles. The molecule has 0 unspecified atom stereocenters. The molecule has 4 heteroatoms. The summed E-state index contributed by atoms with van der Waals surface area (Å²) in [7, 11) is 0. The van der Waals surface area contributed by atoms with Crippen molar-refractivity contribution in [3.63, 3.8) is 0 Å². The summed E-state index contributed by atoms with van der Waals surface area (Å²) in [6.45, 7) is 9.47. The first kappa shape index (κ1) is 14.3. The molecule has 0 saturated carbocycles. The van der Waals surface area contributed by atoms with Gasteiger partial charge in [-0.3, -0.25) is 0 Å². The van der Waals surface area contributed by atoms with Gasteiger partial charge < -0.3 is 10.6 Å². The van der Waals surface area contributed by atoms with Crippen LogP contribution in [0.25, 0.3) is 0 Å². The minimum Gasteiger partial charge on any atom is -0.356 e. The van der Waals surface area contributed by atoms with Gasteiger partial charge in [0.05, 0.1) is 0 Å². The van der Waals surface area contributed by atoms with E-state index in [4.69, 9.17) is 5.73 Å². The molecule has 2 rings (SSSR count). The molecule has 2 N–H and O–H groups in total. The van der Waals surface area contributed by atoms with Crippen molar-refractivity contribution in [3.05, 3.63) is 17.6 Å². The zero-order chi connectivity index (χ0) is 13.8. The SMILES string of the molecule is Cc1nc(CCN)cc(N2CC[C@@H](CC(C)C)C2)n1. The Hall–Kier alpha value is -1.16. The molecular weight excluding hydrogens is 236 g/mol. The highest BCUT2D eigenvalue weighted by atomic mass is 15.2. The second-order valence-corrected chi connectivity index (χ2v) is 6.03. The molecule has 1 atom stereocenters. The Morgan fingerprint density at radius 3 is 2.89 bits per heavy atom. The van der Waals surface area contributed by atoms with E-state index in [-0.39, 0.29) is 0 Å². The van der Waals surface area contributed by atoms with E-state index < -0.39 is 0 Å². The molecule has 4 nitrogen and oxygen atoms in total. The zero-order valence-electron chi connectivity index (χ0n) is 12.4. The van der Waals surface area contributed by atoms with Crippen LogP contribution in [0, 0.1) is 18.8 Å². The predicted molar refractivity (Wildman–Crippen MR) is 79.3 cm³/mol. The van der Waals surface area contributed by atoms with Crippen molar-refractivity contribution in [2.75, 3.05) is 24.5 Å². The fraction of sp³-hybridized carbons (Fsp3) is 0.733. The van der Waals surface area contributed by atoms with Crippen molar-refractivity contribution in [1.29, 1.82) is 0 Å². The summed E-state index contributed by atoms with van der Waals surface area (Å²) in [5.74, 6) is 3.54. The number of hydrogen-bond acceptors (Lipinski definition) is 4. The highest BCUT2D eigenvalue weighted by molar-refractivity contribution is 5.41. The van der Waals surface area contributed by atoms with E-state index in [0.29, 0.717) is 6.54 Å². The second-order valence-electron chi connectivity index (χ2n) is 6.03. The lowest BCUT2D eigenvalue weighted by molar-refractivity contribution is 0.441. The van der Waals surface area contributed by atoms with Crippen LogP contribution in [0.2, 0.25) is 0 Å². The van der Waals surface area contributed by atoms with Gasteiger partial charge in [-0.05, 0) is 38.1 Å². The van der Waals surface area contributed by atoms with Crippen LogP contribution in [0.5, 0.6) is 0 Å². The highest BCUT2D eigenvalue weighted by Gasteiger charge is 2.24. The van der Waals surface area contributed by atoms with Crippen LogP contribution in [0.15, 0.2) is 6.07 Å². The minimum absolute atomic E-state index is 0.645. The number of rotatable bonds is 5. The topological polar surface area (TPSA) is 55.0 Å². The lowest BCUT2D eigenvalue weighted by Gasteiger charge is -2.19. The van der Waals surface area contributed by atoms with Gasteiger partial charge in [0.2, 0.25) is 0 Å². The first-order valence-corrected chi connectivity index (χ1v) is 7.38. The van der Waals surface area contributed by atoms with E-state index in [1.165, 1.54) is 12.8 Å². The maximum Gasteiger partial charge on any atom is 0.132 e. The third-order valence-electron chi connectivity index (χ3n) is 3.69. The van der Waals surface area contributed by atoms with Crippen molar-refractivity contribution in [1.82, 2.24) is 9.97 Å². The van der Waals surface area contributed by atoms with Gasteiger partial charge >= 0.3 is 0 Å². The minimum atomic E-state index is 0.645. The standard InChI is InChI=1S/C15H26N4/c1-11(2)8-13-5-7-19(10-13)15-9-14(4-6-16)17-12(3)18-15/h9,11,13H,4-8,10,16H2,1-3H3/t13-/m0/s1. The molecule has 1 fully saturated rings. The molecule has 106 valence electrons. The van der Waals surface area contributed by atoms with Crippen molar-refractivity contribution >= 4 is 5.82 Å². The van der Waals surface area contributed by atoms with Crippen molar-refractivity contribution in [2.24, 2.45) is 17.6 Å². The van der Waals surface area contributed by atoms with E-state index in [1.54, 1.807) is 0 Å². The Balaban J connectivity index is 2.06. The van der Waals surface area contributed by atoms with Crippen LogP contribution in [-0.4, -0.2) is 29.6 Å². The number of hydrogen-bond donors (Lipinski definition) is 1. The molecular formula is C15H26N4. The lowest BCUT2D eigenvalue weighted by atomic mass is 9.97. The summed E-state index contributed by atoms with van der Waals surface area (Å²) < 4.78 is 0. The van der Waals surface area contributed by atoms with E-state index in [1.807, 2.05) is 6.92 Å². The molecule has 19 heavy (non-hydrogen) atoms. The molecule has 1 aromatic rings. The Morgan fingerprint density at radius 2 is 2.21 bits per heavy atom. The number of anilines is 1. The van der Waals surface area contributed by atoms with Gasteiger partial charge in [0, 0.05) is 31.3 Å². The highest BCUT2D eigenvalue weighted by Crippen LogP contribution is 2.27. The summed E-state index contributed by atoms with van der Waals surface area (Å²) in [6, 6.07) is 2.11. The summed E-state index contributed by atoms with van der Waals surface area (Å²) >= 11 is 0. The lowest BCUT2D eigenvalue weighted by Crippen LogP contribution is -2.22. The zero-order valence-corrected chi connectivity index (χ0v) is 12.4. The average molecular weight is 262 g/mol. The maximum atomic E-state index is 5.62. The molecule has 0 bridgehead atoms. The average Bonchev–Trinajstić information content (AvgIpc) is 2.76. The Bertz CT molecular complexity index is 417. The smallest absolute Gasteiger partial charge is 0.132 e. The van der Waals surface area contributed by atoms with Gasteiger partial charge in [-0.25, -0.2) is 9.97 Å². The van der Waals surface area contributed by atoms with Gasteiger partial charge in [-0.15, -0.1) is 0 Å². The van der Waals surface area contributed by atoms with Gasteiger partial charge in [-0.2, -0.15) is 0 Å². The quantitative estimate of drug-likeness (QED) is 0.883. The number of aromatic nitrogens is 2. The third kappa shape index (κ3) is 3.90. The van der Waals surface area contributed by atoms with E-state index in [9.17, 15) is 0 Å². The third-order valence-corrected chi connectivity index (χ3v) is 3.69. The van der Waals surface area contributed by atoms with Crippen molar-refractivity contribution < 1.29 is 0 Å². The fourth-order valence-electron chi connectivity index (χ4n) is 2.95. The van der Waals surface area contributed by atoms with Gasteiger partial charge in [0.15, 0.2) is 0 Å². The molecule has 0 amide bonds. The number of nitrogens with zero attached hydrogens (tertiary/aromatic N) is 3. The van der Waals surface area contributed by atoms with Gasteiger partial charge in [-0.1, -0.05) is 13.8 Å². The van der Waals surface area contributed by atoms with Crippen LogP contribution in [0.4, 0.5) is 5.82 Å². The van der Waals surface area contributed by atoms with Crippen LogP contribution >= 0.6 is 0 Å². The Labute approximate surface area is 116 Å². The Morgan fingerprint density at radius 1 is 1.42 bits per heavy atom. The van der Waals surface area contributed by atoms with Crippen molar-refractivity contribution in [3.8, 4) is 0 Å². The molecule has 0 spiro atoms. The number of aryl methyl sites for hydroxylation is 1. The van der Waals surface area contributed by atoms with Crippen LogP contribution < -0.4 is 10.6 Å². The molecule has 0 aliphatic carbocycles. The van der Waals surface area contributed by atoms with Gasteiger partial charge in [0.1, 0.15) is 11.6 Å². The first-order chi connectivity index (χ1) is 9.08. The number of nitrogens with two attached hydrogens (primary N) is 1. The summed E-state index contributed by atoms with van der Waals surface area (Å²) in [4.78, 5) is 11.4. The molecule has 2 heterocycles. The predicted octanol–water partition coefficient (Wildman–Crippen LogP) is 2.16. The maximum absolute atomic E-state index is 5.62.